The van der Waals surface area contributed by atoms with Crippen LogP contribution in [-0.2, 0) is 0 Å². The summed E-state index contributed by atoms with van der Waals surface area (Å²) in [4.78, 5) is 16.0. The molecule has 5 heteroatoms. The molecule has 0 aliphatic heterocycles. The van der Waals surface area contributed by atoms with Gasteiger partial charge in [-0.1, -0.05) is 11.8 Å². The number of nitrogens with zero attached hydrogens (tertiary/aromatic N) is 1. The monoisotopic (exact) mass is 267 g/mol. The van der Waals surface area contributed by atoms with Gasteiger partial charge in [-0.3, -0.25) is 4.79 Å². The van der Waals surface area contributed by atoms with Crippen LogP contribution in [0.4, 0.5) is 4.39 Å². The molecule has 0 saturated carbocycles. The minimum atomic E-state index is -0.329. The number of aromatic nitrogens is 1. The van der Waals surface area contributed by atoms with Crippen LogP contribution in [-0.4, -0.2) is 16.5 Å². The second-order valence-corrected chi connectivity index (χ2v) is 5.55. The highest BCUT2D eigenvalue weighted by Crippen LogP contribution is 2.23. The normalized spacial score (nSPS) is 10.5. The second kappa shape index (κ2) is 5.42. The van der Waals surface area contributed by atoms with Crippen molar-refractivity contribution in [2.24, 2.45) is 0 Å². The Hall–Kier alpha value is -1.20. The van der Waals surface area contributed by atoms with E-state index in [9.17, 15) is 9.18 Å². The maximum absolute atomic E-state index is 12.7. The summed E-state index contributed by atoms with van der Waals surface area (Å²) in [6.45, 7) is 1.92. The topological polar surface area (TPSA) is 30.0 Å². The van der Waals surface area contributed by atoms with Gasteiger partial charge in [0.1, 0.15) is 5.82 Å². The Morgan fingerprint density at radius 2 is 2.12 bits per heavy atom. The molecule has 0 fully saturated rings. The van der Waals surface area contributed by atoms with Gasteiger partial charge in [-0.25, -0.2) is 9.37 Å². The first-order valence-corrected chi connectivity index (χ1v) is 6.85. The predicted molar refractivity (Wildman–Crippen MR) is 68.3 cm³/mol. The third-order valence-electron chi connectivity index (χ3n) is 2.09. The van der Waals surface area contributed by atoms with E-state index in [1.165, 1.54) is 47.4 Å². The minimum absolute atomic E-state index is 0.0112. The Morgan fingerprint density at radius 3 is 2.71 bits per heavy atom. The smallest absolute Gasteiger partial charge is 0.173 e. The molecular formula is C12H10FNOS2. The first-order chi connectivity index (χ1) is 8.15. The fourth-order valence-corrected chi connectivity index (χ4v) is 2.99. The van der Waals surface area contributed by atoms with Crippen molar-refractivity contribution in [2.45, 2.75) is 11.3 Å². The van der Waals surface area contributed by atoms with Crippen molar-refractivity contribution in [3.8, 4) is 0 Å². The van der Waals surface area contributed by atoms with Crippen LogP contribution in [0, 0.1) is 12.7 Å². The number of rotatable bonds is 4. The van der Waals surface area contributed by atoms with Gasteiger partial charge in [0.15, 0.2) is 10.1 Å². The molecule has 0 spiro atoms. The summed E-state index contributed by atoms with van der Waals surface area (Å²) in [5.41, 5.74) is 1.50. The molecule has 0 atom stereocenters. The van der Waals surface area contributed by atoms with Gasteiger partial charge in [-0.15, -0.1) is 11.3 Å². The Balaban J connectivity index is 1.95. The minimum Gasteiger partial charge on any atom is -0.293 e. The lowest BCUT2D eigenvalue weighted by Crippen LogP contribution is -2.02. The molecule has 0 aliphatic rings. The Morgan fingerprint density at radius 1 is 1.41 bits per heavy atom. The lowest BCUT2D eigenvalue weighted by atomic mass is 10.1. The van der Waals surface area contributed by atoms with E-state index in [0.717, 1.165) is 10.0 Å². The maximum atomic E-state index is 12.7. The molecule has 0 aliphatic carbocycles. The van der Waals surface area contributed by atoms with Crippen LogP contribution in [0.1, 0.15) is 16.1 Å². The van der Waals surface area contributed by atoms with E-state index in [-0.39, 0.29) is 11.6 Å². The SMILES string of the molecule is Cc1csc(SCC(=O)c2ccc(F)cc2)n1. The van der Waals surface area contributed by atoms with Crippen molar-refractivity contribution in [1.82, 2.24) is 4.98 Å². The summed E-state index contributed by atoms with van der Waals surface area (Å²) in [5.74, 6) is -0.00825. The molecule has 0 N–H and O–H groups in total. The molecule has 0 unspecified atom stereocenters. The van der Waals surface area contributed by atoms with Gasteiger partial charge in [-0.05, 0) is 31.2 Å². The van der Waals surface area contributed by atoms with E-state index in [2.05, 4.69) is 4.98 Å². The molecule has 0 bridgehead atoms. The quantitative estimate of drug-likeness (QED) is 0.626. The molecule has 2 nitrogen and oxygen atoms in total. The fraction of sp³-hybridized carbons (Fsp3) is 0.167. The van der Waals surface area contributed by atoms with E-state index < -0.39 is 0 Å². The predicted octanol–water partition coefficient (Wildman–Crippen LogP) is 3.57. The molecule has 0 saturated heterocycles. The maximum Gasteiger partial charge on any atom is 0.173 e. The molecule has 1 aromatic heterocycles. The molecule has 0 amide bonds. The molecule has 1 aromatic carbocycles. The average molecular weight is 267 g/mol. The Labute approximate surface area is 107 Å². The van der Waals surface area contributed by atoms with Gasteiger partial charge in [0.05, 0.1) is 5.75 Å². The Kier molecular flexibility index (Phi) is 3.91. The van der Waals surface area contributed by atoms with Crippen LogP contribution in [0.5, 0.6) is 0 Å². The van der Waals surface area contributed by atoms with E-state index in [0.29, 0.717) is 11.3 Å². The van der Waals surface area contributed by atoms with Crippen molar-refractivity contribution in [3.05, 3.63) is 46.7 Å². The third kappa shape index (κ3) is 3.38. The van der Waals surface area contributed by atoms with Gasteiger partial charge in [0.2, 0.25) is 0 Å². The average Bonchev–Trinajstić information content (AvgIpc) is 2.73. The Bertz CT molecular complexity index is 522. The lowest BCUT2D eigenvalue weighted by Gasteiger charge is -1.99. The largest absolute Gasteiger partial charge is 0.293 e. The number of aryl methyl sites for hydroxylation is 1. The van der Waals surface area contributed by atoms with Crippen molar-refractivity contribution in [2.75, 3.05) is 5.75 Å². The molecule has 1 heterocycles. The van der Waals surface area contributed by atoms with Crippen molar-refractivity contribution in [3.63, 3.8) is 0 Å². The van der Waals surface area contributed by atoms with Gasteiger partial charge < -0.3 is 0 Å². The van der Waals surface area contributed by atoms with Gasteiger partial charge in [0.25, 0.3) is 0 Å². The highest BCUT2D eigenvalue weighted by molar-refractivity contribution is 8.01. The first kappa shape index (κ1) is 12.3. The van der Waals surface area contributed by atoms with Crippen LogP contribution in [0.3, 0.4) is 0 Å². The number of ketones is 1. The summed E-state index contributed by atoms with van der Waals surface area (Å²) in [6.07, 6.45) is 0. The molecule has 2 rings (SSSR count). The number of hydrogen-bond acceptors (Lipinski definition) is 4. The molecule has 0 radical (unpaired) electrons. The number of benzene rings is 1. The number of carbonyl (C=O) groups excluding carboxylic acids is 1. The molecule has 88 valence electrons. The van der Waals surface area contributed by atoms with Gasteiger partial charge >= 0.3 is 0 Å². The van der Waals surface area contributed by atoms with Gasteiger partial charge in [0, 0.05) is 16.6 Å². The van der Waals surface area contributed by atoms with Crippen LogP contribution in [0.2, 0.25) is 0 Å². The van der Waals surface area contributed by atoms with Gasteiger partial charge in [-0.2, -0.15) is 0 Å². The van der Waals surface area contributed by atoms with E-state index in [1.807, 2.05) is 12.3 Å². The van der Waals surface area contributed by atoms with Crippen LogP contribution in [0.25, 0.3) is 0 Å². The van der Waals surface area contributed by atoms with Crippen LogP contribution >= 0.6 is 23.1 Å². The highest BCUT2D eigenvalue weighted by atomic mass is 32.2. The zero-order valence-electron chi connectivity index (χ0n) is 9.14. The summed E-state index contributed by atoms with van der Waals surface area (Å²) >= 11 is 2.94. The summed E-state index contributed by atoms with van der Waals surface area (Å²) in [6, 6.07) is 5.60. The summed E-state index contributed by atoms with van der Waals surface area (Å²) in [7, 11) is 0. The van der Waals surface area contributed by atoms with Crippen molar-refractivity contribution >= 4 is 28.9 Å². The summed E-state index contributed by atoms with van der Waals surface area (Å²) in [5, 5.41) is 1.95. The third-order valence-corrected chi connectivity index (χ3v) is 4.23. The van der Waals surface area contributed by atoms with Crippen molar-refractivity contribution < 1.29 is 9.18 Å². The van der Waals surface area contributed by atoms with E-state index in [4.69, 9.17) is 0 Å². The lowest BCUT2D eigenvalue weighted by molar-refractivity contribution is 0.102. The summed E-state index contributed by atoms with van der Waals surface area (Å²) < 4.78 is 13.6. The van der Waals surface area contributed by atoms with Crippen LogP contribution in [0.15, 0.2) is 34.0 Å². The number of hydrogen-bond donors (Lipinski definition) is 0. The zero-order valence-corrected chi connectivity index (χ0v) is 10.8. The highest BCUT2D eigenvalue weighted by Gasteiger charge is 2.08. The number of halogens is 1. The van der Waals surface area contributed by atoms with Crippen molar-refractivity contribution in [1.29, 1.82) is 0 Å². The van der Waals surface area contributed by atoms with Crippen LogP contribution < -0.4 is 0 Å². The zero-order chi connectivity index (χ0) is 12.3. The van der Waals surface area contributed by atoms with E-state index in [1.54, 1.807) is 0 Å². The first-order valence-electron chi connectivity index (χ1n) is 4.99. The fourth-order valence-electron chi connectivity index (χ4n) is 1.25. The number of Topliss-reactive ketones (excluding diaryl/α,β-unsaturated/α-hetero) is 1. The number of thiazole rings is 1. The molecule has 17 heavy (non-hydrogen) atoms. The number of carbonyl (C=O) groups is 1. The molecule has 2 aromatic rings. The molecular weight excluding hydrogens is 257 g/mol. The number of thioether (sulfide) groups is 1. The standard InChI is InChI=1S/C12H10FNOS2/c1-8-6-16-12(14-8)17-7-11(15)9-2-4-10(13)5-3-9/h2-6H,7H2,1H3. The second-order valence-electron chi connectivity index (χ2n) is 3.47. The van der Waals surface area contributed by atoms with E-state index >= 15 is 0 Å².